The minimum Gasteiger partial charge on any atom is -0.352 e. The van der Waals surface area contributed by atoms with Crippen molar-refractivity contribution < 1.29 is 9.59 Å². The van der Waals surface area contributed by atoms with E-state index in [1.807, 2.05) is 42.5 Å². The van der Waals surface area contributed by atoms with Gasteiger partial charge in [0.15, 0.2) is 0 Å². The van der Waals surface area contributed by atoms with Crippen LogP contribution in [0.5, 0.6) is 0 Å². The molecule has 92 valence electrons. The van der Waals surface area contributed by atoms with Crippen molar-refractivity contribution in [2.24, 2.45) is 0 Å². The number of fused-ring (bicyclic) bond motifs is 1. The molecule has 3 heteroatoms. The Morgan fingerprint density at radius 2 is 1.78 bits per heavy atom. The summed E-state index contributed by atoms with van der Waals surface area (Å²) in [5.41, 5.74) is 1.06. The summed E-state index contributed by atoms with van der Waals surface area (Å²) in [6, 6.07) is 14.0. The summed E-state index contributed by atoms with van der Waals surface area (Å²) in [5.74, 6) is -0.346. The molecule has 2 aromatic rings. The number of hydrogen-bond donors (Lipinski definition) is 1. The number of ketones is 1. The Bertz CT molecular complexity index is 585. The van der Waals surface area contributed by atoms with Crippen LogP contribution in [0.4, 0.5) is 0 Å². The molecule has 3 nitrogen and oxygen atoms in total. The standard InChI is InChI=1S/C15H15NO2/c1-11(17)9-15(18)16-10-13-7-4-6-12-5-2-3-8-14(12)13/h2-8H,9-10H2,1H3,(H,16,18). The molecule has 2 rings (SSSR count). The first-order valence-electron chi connectivity index (χ1n) is 5.89. The number of benzene rings is 2. The van der Waals surface area contributed by atoms with Gasteiger partial charge >= 0.3 is 0 Å². The predicted octanol–water partition coefficient (Wildman–Crippen LogP) is 2.44. The average Bonchev–Trinajstić information content (AvgIpc) is 2.35. The molecule has 0 aliphatic carbocycles. The summed E-state index contributed by atoms with van der Waals surface area (Å²) in [6.07, 6.45) is -0.0508. The zero-order valence-corrected chi connectivity index (χ0v) is 10.3. The molecular weight excluding hydrogens is 226 g/mol. The van der Waals surface area contributed by atoms with Crippen molar-refractivity contribution in [3.63, 3.8) is 0 Å². The first-order valence-corrected chi connectivity index (χ1v) is 5.89. The first-order chi connectivity index (χ1) is 8.66. The van der Waals surface area contributed by atoms with Gasteiger partial charge in [0.2, 0.25) is 5.91 Å². The SMILES string of the molecule is CC(=O)CC(=O)NCc1cccc2ccccc12. The number of Topliss-reactive ketones (excluding diaryl/α,β-unsaturated/α-hetero) is 1. The van der Waals surface area contributed by atoms with Gasteiger partial charge in [0.25, 0.3) is 0 Å². The fourth-order valence-electron chi connectivity index (χ4n) is 1.93. The fraction of sp³-hybridized carbons (Fsp3) is 0.200. The van der Waals surface area contributed by atoms with E-state index in [-0.39, 0.29) is 18.1 Å². The highest BCUT2D eigenvalue weighted by Gasteiger charge is 2.05. The van der Waals surface area contributed by atoms with E-state index in [0.717, 1.165) is 16.3 Å². The van der Waals surface area contributed by atoms with E-state index in [1.165, 1.54) is 6.92 Å². The maximum atomic E-state index is 11.4. The Hall–Kier alpha value is -2.16. The molecule has 0 aliphatic heterocycles. The lowest BCUT2D eigenvalue weighted by Crippen LogP contribution is -2.24. The Kier molecular flexibility index (Phi) is 3.72. The fourth-order valence-corrected chi connectivity index (χ4v) is 1.93. The third-order valence-electron chi connectivity index (χ3n) is 2.77. The van der Waals surface area contributed by atoms with Crippen LogP contribution in [0.25, 0.3) is 10.8 Å². The molecule has 1 N–H and O–H groups in total. The third kappa shape index (κ3) is 2.94. The van der Waals surface area contributed by atoms with Crippen molar-refractivity contribution in [3.8, 4) is 0 Å². The van der Waals surface area contributed by atoms with Crippen molar-refractivity contribution in [2.75, 3.05) is 0 Å². The highest BCUT2D eigenvalue weighted by Crippen LogP contribution is 2.18. The number of carbonyl (C=O) groups is 2. The average molecular weight is 241 g/mol. The van der Waals surface area contributed by atoms with Crippen molar-refractivity contribution in [3.05, 3.63) is 48.0 Å². The third-order valence-corrected chi connectivity index (χ3v) is 2.77. The van der Waals surface area contributed by atoms with Crippen LogP contribution in [0.1, 0.15) is 18.9 Å². The second-order valence-electron chi connectivity index (χ2n) is 4.29. The van der Waals surface area contributed by atoms with E-state index in [9.17, 15) is 9.59 Å². The van der Waals surface area contributed by atoms with E-state index >= 15 is 0 Å². The molecule has 0 atom stereocenters. The number of hydrogen-bond acceptors (Lipinski definition) is 2. The van der Waals surface area contributed by atoms with Gasteiger partial charge in [-0.1, -0.05) is 42.5 Å². The van der Waals surface area contributed by atoms with E-state index < -0.39 is 0 Å². The molecule has 0 aliphatic rings. The van der Waals surface area contributed by atoms with Crippen molar-refractivity contribution in [2.45, 2.75) is 19.9 Å². The Morgan fingerprint density at radius 1 is 1.06 bits per heavy atom. The summed E-state index contributed by atoms with van der Waals surface area (Å²) in [7, 11) is 0. The molecule has 1 amide bonds. The van der Waals surface area contributed by atoms with Crippen LogP contribution in [0.15, 0.2) is 42.5 Å². The topological polar surface area (TPSA) is 46.2 Å². The molecule has 2 aromatic carbocycles. The molecule has 18 heavy (non-hydrogen) atoms. The Balaban J connectivity index is 2.12. The van der Waals surface area contributed by atoms with Crippen LogP contribution >= 0.6 is 0 Å². The number of nitrogens with one attached hydrogen (secondary N) is 1. The van der Waals surface area contributed by atoms with Gasteiger partial charge in [-0.2, -0.15) is 0 Å². The Morgan fingerprint density at radius 3 is 2.56 bits per heavy atom. The van der Waals surface area contributed by atoms with Gasteiger partial charge in [-0.05, 0) is 23.3 Å². The molecule has 0 unspecified atom stereocenters. The van der Waals surface area contributed by atoms with Gasteiger partial charge in [-0.15, -0.1) is 0 Å². The molecule has 0 saturated carbocycles. The van der Waals surface area contributed by atoms with Crippen LogP contribution in [0, 0.1) is 0 Å². The number of amides is 1. The van der Waals surface area contributed by atoms with E-state index in [2.05, 4.69) is 5.32 Å². The molecule has 0 aromatic heterocycles. The highest BCUT2D eigenvalue weighted by atomic mass is 16.2. The van der Waals surface area contributed by atoms with Gasteiger partial charge < -0.3 is 5.32 Å². The van der Waals surface area contributed by atoms with Crippen LogP contribution in [0.3, 0.4) is 0 Å². The smallest absolute Gasteiger partial charge is 0.227 e. The van der Waals surface area contributed by atoms with Gasteiger partial charge in [0, 0.05) is 6.54 Å². The molecule has 0 fully saturated rings. The van der Waals surface area contributed by atoms with Crippen LogP contribution in [0.2, 0.25) is 0 Å². The normalized spacial score (nSPS) is 10.3. The van der Waals surface area contributed by atoms with Gasteiger partial charge in [-0.25, -0.2) is 0 Å². The summed E-state index contributed by atoms with van der Waals surface area (Å²) >= 11 is 0. The van der Waals surface area contributed by atoms with E-state index in [0.29, 0.717) is 6.54 Å². The largest absolute Gasteiger partial charge is 0.352 e. The molecule has 0 saturated heterocycles. The molecule has 0 heterocycles. The van der Waals surface area contributed by atoms with Crippen molar-refractivity contribution in [1.29, 1.82) is 0 Å². The quantitative estimate of drug-likeness (QED) is 0.836. The molecular formula is C15H15NO2. The van der Waals surface area contributed by atoms with Crippen LogP contribution in [-0.4, -0.2) is 11.7 Å². The van der Waals surface area contributed by atoms with Crippen LogP contribution in [-0.2, 0) is 16.1 Å². The Labute approximate surface area is 106 Å². The first kappa shape index (κ1) is 12.3. The van der Waals surface area contributed by atoms with Gasteiger partial charge in [0.1, 0.15) is 5.78 Å². The van der Waals surface area contributed by atoms with Gasteiger partial charge in [0.05, 0.1) is 6.42 Å². The van der Waals surface area contributed by atoms with Gasteiger partial charge in [-0.3, -0.25) is 9.59 Å². The second-order valence-corrected chi connectivity index (χ2v) is 4.29. The monoisotopic (exact) mass is 241 g/mol. The summed E-state index contributed by atoms with van der Waals surface area (Å²) in [6.45, 7) is 1.87. The molecule has 0 radical (unpaired) electrons. The lowest BCUT2D eigenvalue weighted by molar-refractivity contribution is -0.127. The van der Waals surface area contributed by atoms with Crippen molar-refractivity contribution in [1.82, 2.24) is 5.32 Å². The maximum absolute atomic E-state index is 11.4. The van der Waals surface area contributed by atoms with Crippen LogP contribution < -0.4 is 5.32 Å². The minimum absolute atomic E-state index is 0.0508. The summed E-state index contributed by atoms with van der Waals surface area (Å²) in [5, 5.41) is 5.04. The predicted molar refractivity (Wildman–Crippen MR) is 71.1 cm³/mol. The van der Waals surface area contributed by atoms with E-state index in [4.69, 9.17) is 0 Å². The zero-order chi connectivity index (χ0) is 13.0. The summed E-state index contributed by atoms with van der Waals surface area (Å²) < 4.78 is 0. The highest BCUT2D eigenvalue weighted by molar-refractivity contribution is 5.97. The zero-order valence-electron chi connectivity index (χ0n) is 10.3. The molecule has 0 bridgehead atoms. The number of rotatable bonds is 4. The lowest BCUT2D eigenvalue weighted by atomic mass is 10.0. The summed E-state index contributed by atoms with van der Waals surface area (Å²) in [4.78, 5) is 22.2. The maximum Gasteiger partial charge on any atom is 0.227 e. The minimum atomic E-state index is -0.226. The van der Waals surface area contributed by atoms with E-state index in [1.54, 1.807) is 0 Å². The van der Waals surface area contributed by atoms with Crippen molar-refractivity contribution >= 4 is 22.5 Å². The lowest BCUT2D eigenvalue weighted by Gasteiger charge is -2.07. The number of carbonyl (C=O) groups excluding carboxylic acids is 2. The second kappa shape index (κ2) is 5.45. The molecule has 0 spiro atoms.